The van der Waals surface area contributed by atoms with E-state index in [1.54, 1.807) is 12.3 Å². The van der Waals surface area contributed by atoms with Gasteiger partial charge in [0.15, 0.2) is 0 Å². The van der Waals surface area contributed by atoms with Crippen LogP contribution in [0.25, 0.3) is 22.8 Å². The fraction of sp³-hybridized carbons (Fsp3) is 0.250. The number of carbonyl (C=O) groups is 1. The molecule has 1 fully saturated rings. The molecular weight excluding hydrogens is 578 g/mol. The lowest BCUT2D eigenvalue weighted by Gasteiger charge is -2.27. The molecule has 8 nitrogen and oxygen atoms in total. The first-order chi connectivity index (χ1) is 21.2. The molecule has 4 aromatic rings. The van der Waals surface area contributed by atoms with Crippen LogP contribution in [0, 0.1) is 5.82 Å². The second-order valence-corrected chi connectivity index (χ2v) is 10.4. The number of fused-ring (bicyclic) bond motifs is 1. The van der Waals surface area contributed by atoms with Gasteiger partial charge in [0.1, 0.15) is 17.2 Å². The third kappa shape index (κ3) is 6.25. The van der Waals surface area contributed by atoms with Crippen molar-refractivity contribution in [2.75, 3.05) is 43.6 Å². The molecule has 226 valence electrons. The van der Waals surface area contributed by atoms with Gasteiger partial charge in [0.2, 0.25) is 11.8 Å². The number of methoxy groups -OCH3 is 1. The van der Waals surface area contributed by atoms with Crippen molar-refractivity contribution in [1.29, 1.82) is 0 Å². The number of benzene rings is 1. The molecule has 12 heteroatoms. The maximum atomic E-state index is 15.1. The van der Waals surface area contributed by atoms with Gasteiger partial charge >= 0.3 is 6.18 Å². The second kappa shape index (κ2) is 12.0. The molecule has 2 aliphatic rings. The van der Waals surface area contributed by atoms with Crippen LogP contribution < -0.4 is 15.0 Å². The van der Waals surface area contributed by atoms with Crippen molar-refractivity contribution in [3.63, 3.8) is 0 Å². The molecule has 1 amide bonds. The Morgan fingerprint density at radius 2 is 1.75 bits per heavy atom. The highest BCUT2D eigenvalue weighted by Gasteiger charge is 2.35. The molecule has 1 aliphatic carbocycles. The average Bonchev–Trinajstić information content (AvgIpc) is 3.46. The first-order valence-electron chi connectivity index (χ1n) is 13.9. The van der Waals surface area contributed by atoms with Gasteiger partial charge in [-0.1, -0.05) is 12.1 Å². The van der Waals surface area contributed by atoms with Crippen LogP contribution >= 0.6 is 0 Å². The topological polar surface area (TPSA) is 89.5 Å². The molecule has 0 radical (unpaired) electrons. The molecule has 1 aromatic carbocycles. The molecule has 0 spiro atoms. The number of hydrogen-bond acceptors (Lipinski definition) is 7. The number of halogens is 4. The minimum atomic E-state index is -4.73. The summed E-state index contributed by atoms with van der Waals surface area (Å²) in [4.78, 5) is 27.6. The number of carbonyl (C=O) groups excluding carboxylic acids is 1. The fourth-order valence-electron chi connectivity index (χ4n) is 5.24. The SMILES string of the molecule is COc1ncc(NC(=O)Cc2ccc(-c3cnc4c(c3)C=C(c3ccc(N5CCOCC5)nc3)C4)cc2F)cc1C(F)(F)F. The highest BCUT2D eigenvalue weighted by molar-refractivity contribution is 5.92. The van der Waals surface area contributed by atoms with E-state index in [-0.39, 0.29) is 17.7 Å². The summed E-state index contributed by atoms with van der Waals surface area (Å²) in [5.74, 6) is -1.00. The Bertz CT molecular complexity index is 1740. The van der Waals surface area contributed by atoms with Crippen molar-refractivity contribution in [2.45, 2.75) is 19.0 Å². The van der Waals surface area contributed by atoms with Crippen LogP contribution in [0.5, 0.6) is 5.88 Å². The molecule has 0 atom stereocenters. The summed E-state index contributed by atoms with van der Waals surface area (Å²) in [5.41, 5.74) is 4.02. The molecule has 0 bridgehead atoms. The maximum absolute atomic E-state index is 15.1. The first-order valence-corrected chi connectivity index (χ1v) is 13.9. The van der Waals surface area contributed by atoms with Crippen LogP contribution in [0.1, 0.15) is 27.9 Å². The molecule has 1 N–H and O–H groups in total. The third-order valence-corrected chi connectivity index (χ3v) is 7.52. The largest absolute Gasteiger partial charge is 0.481 e. The standard InChI is InChI=1S/C32H27F4N5O3/c1-43-31-26(32(34,35)36)15-25(18-39-31)40-30(42)14-20-3-2-19(12-27(20)33)24-11-23-10-22(13-28(23)37-17-24)21-4-5-29(38-16-21)41-6-8-44-9-7-41/h2-5,10-12,15-18H,6-9,13-14H2,1H3,(H,40,42). The zero-order chi connectivity index (χ0) is 30.8. The Kier molecular flexibility index (Phi) is 8.00. The summed E-state index contributed by atoms with van der Waals surface area (Å²) < 4.78 is 65.0. The highest BCUT2D eigenvalue weighted by atomic mass is 19.4. The molecule has 44 heavy (non-hydrogen) atoms. The number of ether oxygens (including phenoxy) is 2. The smallest absolute Gasteiger partial charge is 0.421 e. The second-order valence-electron chi connectivity index (χ2n) is 10.4. The number of amides is 1. The average molecular weight is 606 g/mol. The monoisotopic (exact) mass is 605 g/mol. The van der Waals surface area contributed by atoms with Gasteiger partial charge in [-0.15, -0.1) is 0 Å². The van der Waals surface area contributed by atoms with Crippen LogP contribution in [0.2, 0.25) is 0 Å². The van der Waals surface area contributed by atoms with Gasteiger partial charge in [0.25, 0.3) is 0 Å². The Hall–Kier alpha value is -4.84. The number of aromatic nitrogens is 3. The molecule has 0 unspecified atom stereocenters. The van der Waals surface area contributed by atoms with E-state index in [0.29, 0.717) is 30.8 Å². The number of nitrogens with one attached hydrogen (secondary N) is 1. The van der Waals surface area contributed by atoms with Crippen molar-refractivity contribution in [3.8, 4) is 17.0 Å². The summed E-state index contributed by atoms with van der Waals surface area (Å²) >= 11 is 0. The summed E-state index contributed by atoms with van der Waals surface area (Å²) in [6, 6.07) is 11.2. The molecular formula is C32H27F4N5O3. The van der Waals surface area contributed by atoms with Gasteiger partial charge in [-0.2, -0.15) is 13.2 Å². The van der Waals surface area contributed by atoms with Crippen molar-refractivity contribution in [1.82, 2.24) is 15.0 Å². The van der Waals surface area contributed by atoms with Gasteiger partial charge in [-0.3, -0.25) is 9.78 Å². The first kappa shape index (κ1) is 29.2. The van der Waals surface area contributed by atoms with E-state index >= 15 is 4.39 Å². The van der Waals surface area contributed by atoms with Gasteiger partial charge in [-0.05, 0) is 64.2 Å². The van der Waals surface area contributed by atoms with Crippen molar-refractivity contribution < 1.29 is 31.8 Å². The van der Waals surface area contributed by atoms with Gasteiger partial charge in [-0.25, -0.2) is 14.4 Å². The summed E-state index contributed by atoms with van der Waals surface area (Å²) in [7, 11) is 1.07. The number of morpholine rings is 1. The quantitative estimate of drug-likeness (QED) is 0.266. The Morgan fingerprint density at radius 3 is 2.45 bits per heavy atom. The normalized spacial score (nSPS) is 14.7. The van der Waals surface area contributed by atoms with E-state index in [9.17, 15) is 18.0 Å². The van der Waals surface area contributed by atoms with Crippen LogP contribution in [0.4, 0.5) is 29.1 Å². The lowest BCUT2D eigenvalue weighted by Crippen LogP contribution is -2.36. The van der Waals surface area contributed by atoms with Gasteiger partial charge in [0, 0.05) is 37.5 Å². The Balaban J connectivity index is 1.13. The predicted octanol–water partition coefficient (Wildman–Crippen LogP) is 5.82. The fourth-order valence-corrected chi connectivity index (χ4v) is 5.24. The van der Waals surface area contributed by atoms with Crippen LogP contribution in [-0.4, -0.2) is 54.3 Å². The van der Waals surface area contributed by atoms with Gasteiger partial charge < -0.3 is 19.7 Å². The predicted molar refractivity (Wildman–Crippen MR) is 157 cm³/mol. The number of rotatable bonds is 7. The van der Waals surface area contributed by atoms with Crippen molar-refractivity contribution in [2.24, 2.45) is 0 Å². The zero-order valence-corrected chi connectivity index (χ0v) is 23.6. The van der Waals surface area contributed by atoms with Crippen LogP contribution in [0.15, 0.2) is 61.1 Å². The minimum Gasteiger partial charge on any atom is -0.481 e. The number of alkyl halides is 3. The minimum absolute atomic E-state index is 0.0908. The van der Waals surface area contributed by atoms with Crippen molar-refractivity contribution in [3.05, 3.63) is 94.8 Å². The van der Waals surface area contributed by atoms with E-state index < -0.39 is 29.3 Å². The van der Waals surface area contributed by atoms with Crippen molar-refractivity contribution >= 4 is 29.1 Å². The molecule has 1 aliphatic heterocycles. The van der Waals surface area contributed by atoms with E-state index in [1.165, 1.54) is 12.1 Å². The molecule has 0 saturated carbocycles. The highest BCUT2D eigenvalue weighted by Crippen LogP contribution is 2.37. The maximum Gasteiger partial charge on any atom is 0.421 e. The van der Waals surface area contributed by atoms with Crippen LogP contribution in [0.3, 0.4) is 0 Å². The molecule has 6 rings (SSSR count). The van der Waals surface area contributed by atoms with E-state index in [2.05, 4.69) is 42.0 Å². The van der Waals surface area contributed by atoms with E-state index in [4.69, 9.17) is 4.74 Å². The number of nitrogens with zero attached hydrogens (tertiary/aromatic N) is 4. The third-order valence-electron chi connectivity index (χ3n) is 7.52. The van der Waals surface area contributed by atoms with Gasteiger partial charge in [0.05, 0.1) is 44.3 Å². The van der Waals surface area contributed by atoms with E-state index in [1.807, 2.05) is 18.3 Å². The Labute approximate surface area is 250 Å². The Morgan fingerprint density at radius 1 is 0.977 bits per heavy atom. The summed E-state index contributed by atoms with van der Waals surface area (Å²) in [5, 5.41) is 2.34. The van der Waals surface area contributed by atoms with Crippen LogP contribution in [-0.2, 0) is 28.5 Å². The number of hydrogen-bond donors (Lipinski definition) is 1. The molecule has 3 aromatic heterocycles. The number of pyridine rings is 3. The lowest BCUT2D eigenvalue weighted by atomic mass is 10.0. The zero-order valence-electron chi connectivity index (χ0n) is 23.6. The summed E-state index contributed by atoms with van der Waals surface area (Å²) in [6.07, 6.45) is 2.21. The molecule has 1 saturated heterocycles. The summed E-state index contributed by atoms with van der Waals surface area (Å²) in [6.45, 7) is 3.01. The molecule has 4 heterocycles. The lowest BCUT2D eigenvalue weighted by molar-refractivity contribution is -0.139. The van der Waals surface area contributed by atoms with E-state index in [0.717, 1.165) is 60.7 Å². The number of anilines is 2. The number of allylic oxidation sites excluding steroid dienone is 1.